The van der Waals surface area contributed by atoms with Gasteiger partial charge in [0.05, 0.1) is 5.52 Å². The third kappa shape index (κ3) is 4.61. The molecule has 2 aromatic carbocycles. The maximum atomic E-state index is 12.1. The third-order valence-electron chi connectivity index (χ3n) is 4.29. The second kappa shape index (κ2) is 7.86. The van der Waals surface area contributed by atoms with Crippen molar-refractivity contribution in [2.24, 2.45) is 0 Å². The van der Waals surface area contributed by atoms with Gasteiger partial charge in [-0.3, -0.25) is 4.98 Å². The molecule has 0 fully saturated rings. The minimum Gasteiger partial charge on any atom is -0.480 e. The number of alkyl carbamates (subject to hydrolysis) is 1. The third-order valence-corrected chi connectivity index (χ3v) is 4.29. The number of carbonyl (C=O) groups is 2. The molecule has 0 saturated heterocycles. The molecule has 27 heavy (non-hydrogen) atoms. The molecule has 6 heteroatoms. The summed E-state index contributed by atoms with van der Waals surface area (Å²) in [7, 11) is 0. The predicted molar refractivity (Wildman–Crippen MR) is 101 cm³/mol. The zero-order valence-corrected chi connectivity index (χ0v) is 14.9. The van der Waals surface area contributed by atoms with Crippen molar-refractivity contribution in [3.8, 4) is 0 Å². The molecule has 1 atom stereocenters. The number of carbonyl (C=O) groups excluding carboxylic acids is 1. The molecule has 0 bridgehead atoms. The highest BCUT2D eigenvalue weighted by molar-refractivity contribution is 5.85. The molecule has 3 rings (SSSR count). The first-order chi connectivity index (χ1) is 13.0. The van der Waals surface area contributed by atoms with E-state index in [2.05, 4.69) is 10.3 Å². The van der Waals surface area contributed by atoms with E-state index in [1.54, 1.807) is 6.20 Å². The molecule has 138 valence electrons. The monoisotopic (exact) mass is 364 g/mol. The van der Waals surface area contributed by atoms with Crippen LogP contribution in [0.2, 0.25) is 0 Å². The van der Waals surface area contributed by atoms with Gasteiger partial charge < -0.3 is 15.2 Å². The van der Waals surface area contributed by atoms with Gasteiger partial charge in [-0.2, -0.15) is 0 Å². The van der Waals surface area contributed by atoms with Crippen LogP contribution in [0.5, 0.6) is 0 Å². The van der Waals surface area contributed by atoms with E-state index < -0.39 is 17.6 Å². The number of aromatic nitrogens is 1. The van der Waals surface area contributed by atoms with Gasteiger partial charge >= 0.3 is 12.1 Å². The van der Waals surface area contributed by atoms with Crippen molar-refractivity contribution in [2.45, 2.75) is 25.5 Å². The van der Waals surface area contributed by atoms with E-state index in [4.69, 9.17) is 4.74 Å². The standard InChI is InChI=1S/C21H20N2O4/c1-21(19(24)25,23-20(26)27-14-15-6-3-2-4-7-15)13-16-9-10-17-8-5-11-22-18(17)12-16/h2-12H,13-14H2,1H3,(H,23,26)(H,24,25). The van der Waals surface area contributed by atoms with Gasteiger partial charge in [-0.15, -0.1) is 0 Å². The van der Waals surface area contributed by atoms with E-state index in [1.165, 1.54) is 6.92 Å². The molecule has 2 N–H and O–H groups in total. The van der Waals surface area contributed by atoms with Crippen LogP contribution in [0.1, 0.15) is 18.1 Å². The van der Waals surface area contributed by atoms with E-state index in [9.17, 15) is 14.7 Å². The Labute approximate surface area is 156 Å². The lowest BCUT2D eigenvalue weighted by Crippen LogP contribution is -2.53. The van der Waals surface area contributed by atoms with Crippen LogP contribution in [-0.2, 0) is 22.6 Å². The number of rotatable bonds is 6. The van der Waals surface area contributed by atoms with Crippen molar-refractivity contribution in [3.63, 3.8) is 0 Å². The van der Waals surface area contributed by atoms with Gasteiger partial charge in [-0.1, -0.05) is 48.5 Å². The Morgan fingerprint density at radius 2 is 1.85 bits per heavy atom. The number of carboxylic acid groups (broad SMARTS) is 1. The average Bonchev–Trinajstić information content (AvgIpc) is 2.67. The smallest absolute Gasteiger partial charge is 0.408 e. The fourth-order valence-corrected chi connectivity index (χ4v) is 2.79. The summed E-state index contributed by atoms with van der Waals surface area (Å²) >= 11 is 0. The summed E-state index contributed by atoms with van der Waals surface area (Å²) in [5, 5.41) is 13.1. The van der Waals surface area contributed by atoms with Crippen LogP contribution in [0.25, 0.3) is 10.9 Å². The highest BCUT2D eigenvalue weighted by Gasteiger charge is 2.35. The van der Waals surface area contributed by atoms with Crippen LogP contribution in [0.15, 0.2) is 66.9 Å². The topological polar surface area (TPSA) is 88.5 Å². The van der Waals surface area contributed by atoms with Crippen LogP contribution >= 0.6 is 0 Å². The zero-order chi connectivity index (χ0) is 19.3. The first-order valence-corrected chi connectivity index (χ1v) is 8.52. The Balaban J connectivity index is 1.70. The summed E-state index contributed by atoms with van der Waals surface area (Å²) < 4.78 is 5.16. The molecule has 3 aromatic rings. The molecule has 0 radical (unpaired) electrons. The van der Waals surface area contributed by atoms with Gasteiger partial charge in [0.15, 0.2) is 0 Å². The lowest BCUT2D eigenvalue weighted by Gasteiger charge is -2.26. The lowest BCUT2D eigenvalue weighted by molar-refractivity contribution is -0.143. The number of benzene rings is 2. The van der Waals surface area contributed by atoms with Gasteiger partial charge in [0.1, 0.15) is 12.1 Å². The van der Waals surface area contributed by atoms with Crippen molar-refractivity contribution < 1.29 is 19.4 Å². The molecule has 0 spiro atoms. The number of aliphatic carboxylic acids is 1. The van der Waals surface area contributed by atoms with E-state index in [1.807, 2.05) is 60.7 Å². The number of nitrogens with zero attached hydrogens (tertiary/aromatic N) is 1. The van der Waals surface area contributed by atoms with Crippen LogP contribution in [-0.4, -0.2) is 27.7 Å². The first-order valence-electron chi connectivity index (χ1n) is 8.52. The summed E-state index contributed by atoms with van der Waals surface area (Å²) in [5.74, 6) is -1.14. The van der Waals surface area contributed by atoms with Crippen LogP contribution in [0.4, 0.5) is 4.79 Å². The van der Waals surface area contributed by atoms with Crippen molar-refractivity contribution >= 4 is 23.0 Å². The Hall–Kier alpha value is -3.41. The lowest BCUT2D eigenvalue weighted by atomic mass is 9.92. The fraction of sp³-hybridized carbons (Fsp3) is 0.190. The van der Waals surface area contributed by atoms with Crippen LogP contribution in [0.3, 0.4) is 0 Å². The fourth-order valence-electron chi connectivity index (χ4n) is 2.79. The van der Waals surface area contributed by atoms with E-state index in [0.717, 1.165) is 22.0 Å². The molecule has 0 aliphatic heterocycles. The number of carboxylic acids is 1. The predicted octanol–water partition coefficient (Wildman–Crippen LogP) is 3.55. The maximum absolute atomic E-state index is 12.1. The molecule has 1 heterocycles. The molecular weight excluding hydrogens is 344 g/mol. The number of hydrogen-bond donors (Lipinski definition) is 2. The van der Waals surface area contributed by atoms with Crippen molar-refractivity contribution in [2.75, 3.05) is 0 Å². The molecular formula is C21H20N2O4. The molecule has 6 nitrogen and oxygen atoms in total. The number of pyridine rings is 1. The average molecular weight is 364 g/mol. The van der Waals surface area contributed by atoms with Crippen molar-refractivity contribution in [1.82, 2.24) is 10.3 Å². The number of hydrogen-bond acceptors (Lipinski definition) is 4. The molecule has 0 aliphatic rings. The number of nitrogens with one attached hydrogen (secondary N) is 1. The Bertz CT molecular complexity index is 959. The number of fused-ring (bicyclic) bond motifs is 1. The van der Waals surface area contributed by atoms with Crippen molar-refractivity contribution in [1.29, 1.82) is 0 Å². The largest absolute Gasteiger partial charge is 0.480 e. The second-order valence-electron chi connectivity index (χ2n) is 6.53. The summed E-state index contributed by atoms with van der Waals surface area (Å²) in [6, 6.07) is 18.5. The van der Waals surface area contributed by atoms with Gasteiger partial charge in [-0.25, -0.2) is 9.59 Å². The zero-order valence-electron chi connectivity index (χ0n) is 14.9. The molecule has 0 saturated carbocycles. The Kier molecular flexibility index (Phi) is 5.35. The first kappa shape index (κ1) is 18.4. The SMILES string of the molecule is CC(Cc1ccc2cccnc2c1)(NC(=O)OCc1ccccc1)C(=O)O. The Morgan fingerprint density at radius 1 is 1.07 bits per heavy atom. The van der Waals surface area contributed by atoms with Gasteiger partial charge in [0.2, 0.25) is 0 Å². The second-order valence-corrected chi connectivity index (χ2v) is 6.53. The van der Waals surface area contributed by atoms with E-state index in [0.29, 0.717) is 0 Å². The highest BCUT2D eigenvalue weighted by atomic mass is 16.5. The number of ether oxygens (including phenoxy) is 1. The molecule has 1 aromatic heterocycles. The van der Waals surface area contributed by atoms with E-state index in [-0.39, 0.29) is 13.0 Å². The minimum absolute atomic E-state index is 0.0717. The summed E-state index contributed by atoms with van der Waals surface area (Å²) in [4.78, 5) is 28.2. The van der Waals surface area contributed by atoms with E-state index >= 15 is 0 Å². The van der Waals surface area contributed by atoms with Crippen molar-refractivity contribution in [3.05, 3.63) is 78.0 Å². The van der Waals surface area contributed by atoms with Crippen LogP contribution in [0, 0.1) is 0 Å². The minimum atomic E-state index is -1.50. The van der Waals surface area contributed by atoms with Crippen LogP contribution < -0.4 is 5.32 Å². The Morgan fingerprint density at radius 3 is 2.59 bits per heavy atom. The maximum Gasteiger partial charge on any atom is 0.408 e. The molecule has 1 unspecified atom stereocenters. The van der Waals surface area contributed by atoms with Gasteiger partial charge in [0.25, 0.3) is 0 Å². The summed E-state index contributed by atoms with van der Waals surface area (Å²) in [6.45, 7) is 1.53. The highest BCUT2D eigenvalue weighted by Crippen LogP contribution is 2.19. The summed E-state index contributed by atoms with van der Waals surface area (Å²) in [5.41, 5.74) is 0.852. The number of amides is 1. The molecule has 0 aliphatic carbocycles. The molecule has 1 amide bonds. The van der Waals surface area contributed by atoms with Gasteiger partial charge in [-0.05, 0) is 30.2 Å². The quantitative estimate of drug-likeness (QED) is 0.698. The van der Waals surface area contributed by atoms with Gasteiger partial charge in [0, 0.05) is 18.0 Å². The normalized spacial score (nSPS) is 12.9. The summed E-state index contributed by atoms with van der Waals surface area (Å²) in [6.07, 6.45) is 1.01.